The third-order valence-corrected chi connectivity index (χ3v) is 8.77. The van der Waals surface area contributed by atoms with Crippen LogP contribution in [0.1, 0.15) is 39.1 Å². The van der Waals surface area contributed by atoms with Crippen molar-refractivity contribution >= 4 is 17.0 Å². The van der Waals surface area contributed by atoms with Crippen molar-refractivity contribution in [3.05, 3.63) is 179 Å². The Morgan fingerprint density at radius 3 is 2.24 bits per heavy atom. The smallest absolute Gasteiger partial charge is 0.0991 e. The number of nitriles is 1. The molecule has 0 N–H and O–H groups in total. The Labute approximate surface area is 247 Å². The van der Waals surface area contributed by atoms with Crippen LogP contribution in [0.2, 0.25) is 0 Å². The number of allylic oxidation sites excluding steroid dienone is 2. The van der Waals surface area contributed by atoms with E-state index in [9.17, 15) is 5.26 Å². The SMILES string of the molecule is C=C(/C=C\c1c(C)c2ccccc2n1-c1ccccc1)C1(c2ccc(C)cc2)c2ccccc2-c2cc(C#N)ccc21. The van der Waals surface area contributed by atoms with Crippen LogP contribution >= 0.6 is 0 Å². The summed E-state index contributed by atoms with van der Waals surface area (Å²) in [5.74, 6) is 0. The zero-order chi connectivity index (χ0) is 28.8. The van der Waals surface area contributed by atoms with Crippen LogP contribution in [0.4, 0.5) is 0 Å². The van der Waals surface area contributed by atoms with E-state index in [4.69, 9.17) is 6.58 Å². The van der Waals surface area contributed by atoms with E-state index >= 15 is 0 Å². The van der Waals surface area contributed by atoms with E-state index in [1.807, 2.05) is 12.1 Å². The second kappa shape index (κ2) is 9.91. The summed E-state index contributed by atoms with van der Waals surface area (Å²) in [5, 5.41) is 11.0. The second-order valence-electron chi connectivity index (χ2n) is 11.1. The van der Waals surface area contributed by atoms with Crippen molar-refractivity contribution in [1.82, 2.24) is 4.57 Å². The maximum Gasteiger partial charge on any atom is 0.0991 e. The Morgan fingerprint density at radius 2 is 1.45 bits per heavy atom. The predicted octanol–water partition coefficient (Wildman–Crippen LogP) is 9.70. The van der Waals surface area contributed by atoms with Crippen molar-refractivity contribution in [2.24, 2.45) is 0 Å². The highest BCUT2D eigenvalue weighted by Gasteiger charge is 2.46. The molecule has 1 unspecified atom stereocenters. The maximum atomic E-state index is 9.74. The molecule has 42 heavy (non-hydrogen) atoms. The molecule has 5 aromatic carbocycles. The molecular formula is C40H30N2. The van der Waals surface area contributed by atoms with Crippen LogP contribution in [0, 0.1) is 25.2 Å². The topological polar surface area (TPSA) is 28.7 Å². The van der Waals surface area contributed by atoms with Crippen LogP contribution in [0.15, 0.2) is 140 Å². The highest BCUT2D eigenvalue weighted by molar-refractivity contribution is 5.91. The van der Waals surface area contributed by atoms with Crippen LogP contribution in [0.25, 0.3) is 33.8 Å². The third-order valence-electron chi connectivity index (χ3n) is 8.77. The van der Waals surface area contributed by atoms with Crippen molar-refractivity contribution in [3.63, 3.8) is 0 Å². The summed E-state index contributed by atoms with van der Waals surface area (Å²) in [4.78, 5) is 0. The first-order valence-corrected chi connectivity index (χ1v) is 14.3. The molecule has 0 aliphatic heterocycles. The largest absolute Gasteiger partial charge is 0.310 e. The van der Waals surface area contributed by atoms with Gasteiger partial charge in [0.15, 0.2) is 0 Å². The molecule has 0 saturated carbocycles. The molecule has 1 atom stereocenters. The molecule has 0 bridgehead atoms. The minimum absolute atomic E-state index is 0.596. The standard InChI is InChI=1S/C40H30N2/c1-27-17-21-31(22-18-27)40(36-15-9-7-14-34(36)35-25-30(26-41)20-23-37(35)40)28(2)19-24-38-29(3)33-13-8-10-16-39(33)42(38)32-11-5-4-6-12-32/h4-25H,2H2,1,3H3/b24-19-. The fourth-order valence-electron chi connectivity index (χ4n) is 6.78. The molecule has 1 heterocycles. The van der Waals surface area contributed by atoms with Crippen molar-refractivity contribution < 1.29 is 0 Å². The summed E-state index contributed by atoms with van der Waals surface area (Å²) in [6.07, 6.45) is 4.43. The second-order valence-corrected chi connectivity index (χ2v) is 11.1. The molecule has 0 fully saturated rings. The van der Waals surface area contributed by atoms with E-state index in [1.54, 1.807) is 0 Å². The number of fused-ring (bicyclic) bond motifs is 4. The van der Waals surface area contributed by atoms with Crippen molar-refractivity contribution in [2.45, 2.75) is 19.3 Å². The van der Waals surface area contributed by atoms with Crippen molar-refractivity contribution in [3.8, 4) is 22.9 Å². The lowest BCUT2D eigenvalue weighted by molar-refractivity contribution is 0.770. The quantitative estimate of drug-likeness (QED) is 0.201. The van der Waals surface area contributed by atoms with E-state index in [0.717, 1.165) is 33.6 Å². The summed E-state index contributed by atoms with van der Waals surface area (Å²) in [6.45, 7) is 9.10. The lowest BCUT2D eigenvalue weighted by Gasteiger charge is -2.34. The molecule has 1 aliphatic carbocycles. The van der Waals surface area contributed by atoms with Crippen molar-refractivity contribution in [2.75, 3.05) is 0 Å². The first-order valence-electron chi connectivity index (χ1n) is 14.3. The first-order chi connectivity index (χ1) is 20.5. The molecule has 1 aromatic heterocycles. The maximum absolute atomic E-state index is 9.74. The van der Waals surface area contributed by atoms with Gasteiger partial charge >= 0.3 is 0 Å². The van der Waals surface area contributed by atoms with Gasteiger partial charge in [0, 0.05) is 16.8 Å². The van der Waals surface area contributed by atoms with Gasteiger partial charge in [-0.1, -0.05) is 109 Å². The van der Waals surface area contributed by atoms with E-state index in [1.165, 1.54) is 33.2 Å². The van der Waals surface area contributed by atoms with Crippen LogP contribution < -0.4 is 0 Å². The lowest BCUT2D eigenvalue weighted by atomic mass is 9.67. The number of hydrogen-bond acceptors (Lipinski definition) is 1. The number of rotatable bonds is 5. The molecule has 0 amide bonds. The number of benzene rings is 5. The Bertz CT molecular complexity index is 2070. The first kappa shape index (κ1) is 25.6. The average Bonchev–Trinajstić information content (AvgIpc) is 3.50. The monoisotopic (exact) mass is 538 g/mol. The summed E-state index contributed by atoms with van der Waals surface area (Å²) < 4.78 is 2.34. The molecule has 2 heteroatoms. The van der Waals surface area contributed by atoms with Gasteiger partial charge in [-0.2, -0.15) is 5.26 Å². The zero-order valence-corrected chi connectivity index (χ0v) is 23.8. The summed E-state index contributed by atoms with van der Waals surface area (Å²) >= 11 is 0. The van der Waals surface area contributed by atoms with Crippen LogP contribution in [0.3, 0.4) is 0 Å². The Balaban J connectivity index is 1.47. The molecule has 1 aliphatic rings. The van der Waals surface area contributed by atoms with Crippen LogP contribution in [-0.4, -0.2) is 4.57 Å². The van der Waals surface area contributed by atoms with Gasteiger partial charge in [0.25, 0.3) is 0 Å². The number of aryl methyl sites for hydroxylation is 2. The number of aromatic nitrogens is 1. The van der Waals surface area contributed by atoms with Gasteiger partial charge in [0.05, 0.1) is 22.6 Å². The van der Waals surface area contributed by atoms with Gasteiger partial charge < -0.3 is 4.57 Å². The van der Waals surface area contributed by atoms with Gasteiger partial charge in [-0.3, -0.25) is 0 Å². The minimum Gasteiger partial charge on any atom is -0.310 e. The number of hydrogen-bond donors (Lipinski definition) is 0. The zero-order valence-electron chi connectivity index (χ0n) is 23.8. The van der Waals surface area contributed by atoms with Gasteiger partial charge in [0.1, 0.15) is 0 Å². The Hall–Kier alpha value is -5.39. The van der Waals surface area contributed by atoms with Gasteiger partial charge in [-0.15, -0.1) is 0 Å². The Kier molecular flexibility index (Phi) is 6.03. The predicted molar refractivity (Wildman–Crippen MR) is 174 cm³/mol. The van der Waals surface area contributed by atoms with Gasteiger partial charge in [-0.05, 0) is 89.2 Å². The molecule has 6 aromatic rings. The number of nitrogens with zero attached hydrogens (tertiary/aromatic N) is 2. The van der Waals surface area contributed by atoms with E-state index in [0.29, 0.717) is 5.56 Å². The number of para-hydroxylation sites is 2. The summed E-state index contributed by atoms with van der Waals surface area (Å²) in [5.41, 5.74) is 12.7. The van der Waals surface area contributed by atoms with Crippen LogP contribution in [-0.2, 0) is 5.41 Å². The fourth-order valence-corrected chi connectivity index (χ4v) is 6.78. The summed E-state index contributed by atoms with van der Waals surface area (Å²) in [6, 6.07) is 44.9. The molecule has 0 radical (unpaired) electrons. The molecule has 2 nitrogen and oxygen atoms in total. The third kappa shape index (κ3) is 3.71. The normalized spacial score (nSPS) is 15.5. The molecule has 0 saturated heterocycles. The Morgan fingerprint density at radius 1 is 0.762 bits per heavy atom. The summed E-state index contributed by atoms with van der Waals surface area (Å²) in [7, 11) is 0. The highest BCUT2D eigenvalue weighted by atomic mass is 15.0. The molecule has 7 rings (SSSR count). The fraction of sp³-hybridized carbons (Fsp3) is 0.0750. The van der Waals surface area contributed by atoms with E-state index in [-0.39, 0.29) is 0 Å². The van der Waals surface area contributed by atoms with Gasteiger partial charge in [0.2, 0.25) is 0 Å². The van der Waals surface area contributed by atoms with Gasteiger partial charge in [-0.25, -0.2) is 0 Å². The molecule has 0 spiro atoms. The highest BCUT2D eigenvalue weighted by Crippen LogP contribution is 2.56. The molecule has 200 valence electrons. The minimum atomic E-state index is -0.596. The van der Waals surface area contributed by atoms with E-state index < -0.39 is 5.41 Å². The van der Waals surface area contributed by atoms with Crippen LogP contribution in [0.5, 0.6) is 0 Å². The van der Waals surface area contributed by atoms with Crippen molar-refractivity contribution in [1.29, 1.82) is 5.26 Å². The van der Waals surface area contributed by atoms with E-state index in [2.05, 4.69) is 146 Å². The average molecular weight is 539 g/mol. The lowest BCUT2D eigenvalue weighted by Crippen LogP contribution is -2.28. The molecular weight excluding hydrogens is 508 g/mol.